The Morgan fingerprint density at radius 2 is 2.07 bits per heavy atom. The van der Waals surface area contributed by atoms with E-state index in [0.717, 1.165) is 17.7 Å². The molecule has 1 aliphatic rings. The van der Waals surface area contributed by atoms with Gasteiger partial charge in [0.25, 0.3) is 0 Å². The molecule has 7 nitrogen and oxygen atoms in total. The highest BCUT2D eigenvalue weighted by Crippen LogP contribution is 2.28. The molecule has 2 aromatic heterocycles. The first-order valence-corrected chi connectivity index (χ1v) is 9.69. The number of carbonyl (C=O) groups excluding carboxylic acids is 1. The lowest BCUT2D eigenvalue weighted by Crippen LogP contribution is -2.40. The number of nitrogens with zero attached hydrogens (tertiary/aromatic N) is 4. The van der Waals surface area contributed by atoms with Gasteiger partial charge in [0.15, 0.2) is 0 Å². The zero-order valence-electron chi connectivity index (χ0n) is 15.3. The Balaban J connectivity index is 1.29. The van der Waals surface area contributed by atoms with Gasteiger partial charge in [-0.25, -0.2) is 4.68 Å². The molecule has 3 atom stereocenters. The summed E-state index contributed by atoms with van der Waals surface area (Å²) in [4.78, 5) is 12.4. The fourth-order valence-electron chi connectivity index (χ4n) is 3.76. The van der Waals surface area contributed by atoms with Crippen LogP contribution in [0.5, 0.6) is 0 Å². The molecular weight excluding hydrogens is 378 g/mol. The molecule has 4 rings (SSSR count). The first-order valence-electron chi connectivity index (χ1n) is 9.31. The van der Waals surface area contributed by atoms with Crippen LogP contribution in [0.4, 0.5) is 0 Å². The lowest BCUT2D eigenvalue weighted by Gasteiger charge is -2.16. The van der Waals surface area contributed by atoms with E-state index in [4.69, 9.17) is 11.6 Å². The number of aromatic nitrogens is 4. The van der Waals surface area contributed by atoms with Gasteiger partial charge in [0, 0.05) is 25.1 Å². The van der Waals surface area contributed by atoms with E-state index < -0.39 is 6.10 Å². The molecule has 1 unspecified atom stereocenters. The van der Waals surface area contributed by atoms with E-state index in [0.29, 0.717) is 18.0 Å². The van der Waals surface area contributed by atoms with Crippen LogP contribution in [0.3, 0.4) is 0 Å². The highest BCUT2D eigenvalue weighted by molar-refractivity contribution is 6.30. The zero-order chi connectivity index (χ0) is 19.5. The number of benzene rings is 1. The Hall–Kier alpha value is -2.64. The molecule has 0 spiro atoms. The molecule has 1 saturated carbocycles. The molecular formula is C20H22ClN5O2. The molecule has 1 aliphatic carbocycles. The van der Waals surface area contributed by atoms with Crippen LogP contribution in [0, 0.1) is 5.92 Å². The van der Waals surface area contributed by atoms with E-state index in [1.165, 1.54) is 0 Å². The second-order valence-electron chi connectivity index (χ2n) is 7.25. The zero-order valence-corrected chi connectivity index (χ0v) is 16.0. The molecule has 1 aromatic carbocycles. The van der Waals surface area contributed by atoms with Crippen LogP contribution in [0.1, 0.15) is 18.4 Å². The van der Waals surface area contributed by atoms with E-state index in [-0.39, 0.29) is 24.3 Å². The fraction of sp³-hybridized carbons (Fsp3) is 0.350. The summed E-state index contributed by atoms with van der Waals surface area (Å²) in [5.41, 5.74) is 1.87. The average Bonchev–Trinajstić information content (AvgIpc) is 3.39. The lowest BCUT2D eigenvalue weighted by molar-refractivity contribution is -0.121. The summed E-state index contributed by atoms with van der Waals surface area (Å²) in [5, 5.41) is 22.3. The molecule has 3 aromatic rings. The van der Waals surface area contributed by atoms with Gasteiger partial charge in [0.05, 0.1) is 35.5 Å². The van der Waals surface area contributed by atoms with Gasteiger partial charge in [-0.05, 0) is 42.5 Å². The third-order valence-electron chi connectivity index (χ3n) is 5.09. The topological polar surface area (TPSA) is 85.0 Å². The fourth-order valence-corrected chi connectivity index (χ4v) is 3.91. The van der Waals surface area contributed by atoms with Crippen molar-refractivity contribution in [1.29, 1.82) is 0 Å². The van der Waals surface area contributed by atoms with E-state index in [9.17, 15) is 9.90 Å². The first kappa shape index (κ1) is 18.7. The summed E-state index contributed by atoms with van der Waals surface area (Å²) in [7, 11) is 0. The number of hydrogen-bond donors (Lipinski definition) is 2. The molecule has 1 amide bonds. The third kappa shape index (κ3) is 4.43. The van der Waals surface area contributed by atoms with Gasteiger partial charge in [0.1, 0.15) is 0 Å². The Labute approximate surface area is 167 Å². The molecule has 0 radical (unpaired) electrons. The van der Waals surface area contributed by atoms with Crippen molar-refractivity contribution in [2.75, 3.05) is 0 Å². The highest BCUT2D eigenvalue weighted by atomic mass is 35.5. The molecule has 2 heterocycles. The maximum atomic E-state index is 12.4. The SMILES string of the molecule is O=C(Cc1ccc(-n2cccn2)cc1)N[C@@H]1CC(Cn2cc(Cl)cn2)C[C@H]1O. The number of carbonyl (C=O) groups is 1. The van der Waals surface area contributed by atoms with E-state index in [1.807, 2.05) is 36.5 Å². The first-order chi connectivity index (χ1) is 13.6. The van der Waals surface area contributed by atoms with Crippen LogP contribution < -0.4 is 5.32 Å². The van der Waals surface area contributed by atoms with Gasteiger partial charge < -0.3 is 10.4 Å². The number of hydrogen-bond acceptors (Lipinski definition) is 4. The van der Waals surface area contributed by atoms with Crippen molar-refractivity contribution in [3.05, 3.63) is 65.7 Å². The smallest absolute Gasteiger partial charge is 0.224 e. The van der Waals surface area contributed by atoms with Gasteiger partial charge >= 0.3 is 0 Å². The number of amides is 1. The van der Waals surface area contributed by atoms with Crippen molar-refractivity contribution >= 4 is 17.5 Å². The minimum Gasteiger partial charge on any atom is -0.391 e. The molecule has 1 fully saturated rings. The summed E-state index contributed by atoms with van der Waals surface area (Å²) in [6.45, 7) is 0.686. The Morgan fingerprint density at radius 3 is 2.75 bits per heavy atom. The van der Waals surface area contributed by atoms with Crippen molar-refractivity contribution in [3.63, 3.8) is 0 Å². The largest absolute Gasteiger partial charge is 0.391 e. The van der Waals surface area contributed by atoms with Crippen LogP contribution in [0.2, 0.25) is 5.02 Å². The predicted octanol–water partition coefficient (Wildman–Crippen LogP) is 2.22. The van der Waals surface area contributed by atoms with Crippen molar-refractivity contribution < 1.29 is 9.90 Å². The minimum atomic E-state index is -0.540. The van der Waals surface area contributed by atoms with Crippen LogP contribution in [-0.2, 0) is 17.8 Å². The highest BCUT2D eigenvalue weighted by Gasteiger charge is 2.34. The Kier molecular flexibility index (Phi) is 5.45. The van der Waals surface area contributed by atoms with Crippen molar-refractivity contribution in [1.82, 2.24) is 24.9 Å². The summed E-state index contributed by atoms with van der Waals surface area (Å²) in [6.07, 6.45) is 8.07. The number of aliphatic hydroxyl groups is 1. The van der Waals surface area contributed by atoms with E-state index >= 15 is 0 Å². The number of rotatable bonds is 6. The minimum absolute atomic E-state index is 0.0846. The second kappa shape index (κ2) is 8.16. The number of aliphatic hydroxyl groups excluding tert-OH is 1. The molecule has 2 N–H and O–H groups in total. The van der Waals surface area contributed by atoms with Crippen molar-refractivity contribution in [3.8, 4) is 5.69 Å². The molecule has 8 heteroatoms. The second-order valence-corrected chi connectivity index (χ2v) is 7.69. The van der Waals surface area contributed by atoms with Crippen molar-refractivity contribution in [2.45, 2.75) is 38.0 Å². The van der Waals surface area contributed by atoms with Gasteiger partial charge in [-0.2, -0.15) is 10.2 Å². The summed E-state index contributed by atoms with van der Waals surface area (Å²) >= 11 is 5.89. The van der Waals surface area contributed by atoms with Gasteiger partial charge in [0.2, 0.25) is 5.91 Å². The number of halogens is 1. The van der Waals surface area contributed by atoms with Gasteiger partial charge in [-0.1, -0.05) is 23.7 Å². The quantitative estimate of drug-likeness (QED) is 0.665. The summed E-state index contributed by atoms with van der Waals surface area (Å²) in [5.74, 6) is 0.170. The monoisotopic (exact) mass is 399 g/mol. The lowest BCUT2D eigenvalue weighted by atomic mass is 10.1. The van der Waals surface area contributed by atoms with Crippen LogP contribution >= 0.6 is 11.6 Å². The Bertz CT molecular complexity index is 922. The predicted molar refractivity (Wildman–Crippen MR) is 105 cm³/mol. The average molecular weight is 400 g/mol. The molecule has 0 saturated heterocycles. The van der Waals surface area contributed by atoms with E-state index in [1.54, 1.807) is 28.0 Å². The summed E-state index contributed by atoms with van der Waals surface area (Å²) < 4.78 is 3.55. The van der Waals surface area contributed by atoms with Gasteiger partial charge in [-0.15, -0.1) is 0 Å². The van der Waals surface area contributed by atoms with Gasteiger partial charge in [-0.3, -0.25) is 9.48 Å². The maximum absolute atomic E-state index is 12.4. The van der Waals surface area contributed by atoms with Crippen LogP contribution in [0.25, 0.3) is 5.69 Å². The number of nitrogens with one attached hydrogen (secondary N) is 1. The summed E-state index contributed by atoms with van der Waals surface area (Å²) in [6, 6.07) is 9.35. The standard InChI is InChI=1S/C20H22ClN5O2/c21-16-11-23-25(13-16)12-15-8-18(19(27)9-15)24-20(28)10-14-2-4-17(5-3-14)26-7-1-6-22-26/h1-7,11,13,15,18-19,27H,8-10,12H2,(H,24,28)/t15?,18-,19-/m1/s1. The van der Waals surface area contributed by atoms with Crippen LogP contribution in [-0.4, -0.2) is 42.7 Å². The maximum Gasteiger partial charge on any atom is 0.224 e. The normalized spacial score (nSPS) is 21.7. The van der Waals surface area contributed by atoms with Crippen molar-refractivity contribution in [2.24, 2.45) is 5.92 Å². The Morgan fingerprint density at radius 1 is 1.25 bits per heavy atom. The molecule has 0 aliphatic heterocycles. The molecule has 146 valence electrons. The van der Waals surface area contributed by atoms with Crippen LogP contribution in [0.15, 0.2) is 55.1 Å². The molecule has 28 heavy (non-hydrogen) atoms. The van der Waals surface area contributed by atoms with E-state index in [2.05, 4.69) is 15.5 Å². The third-order valence-corrected chi connectivity index (χ3v) is 5.29. The molecule has 0 bridgehead atoms.